The molecule has 1 aromatic heterocycles. The van der Waals surface area contributed by atoms with Crippen LogP contribution in [0.2, 0.25) is 0 Å². The monoisotopic (exact) mass is 226 g/mol. The first-order valence-corrected chi connectivity index (χ1v) is 5.81. The smallest absolute Gasteiger partial charge is 0.263 e. The van der Waals surface area contributed by atoms with Crippen LogP contribution < -0.4 is 11.1 Å². The summed E-state index contributed by atoms with van der Waals surface area (Å²) in [5, 5.41) is 13.9. The standard InChI is InChI=1S/C10H14N2O2S/c11-7-2-5-15-8(7)9(14)12-10(6-13)3-1-4-10/h2,5,13H,1,3-4,6,11H2,(H,12,14). The van der Waals surface area contributed by atoms with Gasteiger partial charge in [-0.3, -0.25) is 4.79 Å². The number of hydrogen-bond donors (Lipinski definition) is 3. The van der Waals surface area contributed by atoms with E-state index in [2.05, 4.69) is 5.32 Å². The molecule has 1 heterocycles. The number of thiophene rings is 1. The Morgan fingerprint density at radius 2 is 2.40 bits per heavy atom. The average Bonchev–Trinajstić information content (AvgIpc) is 2.58. The van der Waals surface area contributed by atoms with Gasteiger partial charge in [0.1, 0.15) is 4.88 Å². The zero-order valence-electron chi connectivity index (χ0n) is 8.32. The normalized spacial score (nSPS) is 18.2. The van der Waals surface area contributed by atoms with Gasteiger partial charge in [0.25, 0.3) is 5.91 Å². The van der Waals surface area contributed by atoms with Gasteiger partial charge in [0.2, 0.25) is 0 Å². The summed E-state index contributed by atoms with van der Waals surface area (Å²) >= 11 is 1.32. The third-order valence-electron chi connectivity index (χ3n) is 2.89. The Morgan fingerprint density at radius 1 is 1.67 bits per heavy atom. The van der Waals surface area contributed by atoms with Crippen LogP contribution in [0.15, 0.2) is 11.4 Å². The van der Waals surface area contributed by atoms with Crippen molar-refractivity contribution >= 4 is 22.9 Å². The van der Waals surface area contributed by atoms with Crippen LogP contribution in [0.1, 0.15) is 28.9 Å². The quantitative estimate of drug-likeness (QED) is 0.719. The van der Waals surface area contributed by atoms with Gasteiger partial charge in [0.05, 0.1) is 17.8 Å². The summed E-state index contributed by atoms with van der Waals surface area (Å²) in [6.45, 7) is 0.00399. The van der Waals surface area contributed by atoms with E-state index in [1.807, 2.05) is 0 Å². The van der Waals surface area contributed by atoms with Crippen LogP contribution in [-0.2, 0) is 0 Å². The Morgan fingerprint density at radius 3 is 2.80 bits per heavy atom. The predicted molar refractivity (Wildman–Crippen MR) is 59.9 cm³/mol. The fraction of sp³-hybridized carbons (Fsp3) is 0.500. The van der Waals surface area contributed by atoms with Crippen LogP contribution in [0.3, 0.4) is 0 Å². The molecule has 1 aliphatic rings. The van der Waals surface area contributed by atoms with Gasteiger partial charge in [-0.2, -0.15) is 0 Å². The van der Waals surface area contributed by atoms with Gasteiger partial charge in [-0.25, -0.2) is 0 Å². The fourth-order valence-corrected chi connectivity index (χ4v) is 2.44. The lowest BCUT2D eigenvalue weighted by Crippen LogP contribution is -2.56. The Labute approximate surface area is 92.1 Å². The molecule has 1 amide bonds. The van der Waals surface area contributed by atoms with E-state index in [0.717, 1.165) is 19.3 Å². The highest BCUT2D eigenvalue weighted by Gasteiger charge is 2.38. The summed E-state index contributed by atoms with van der Waals surface area (Å²) < 4.78 is 0. The SMILES string of the molecule is Nc1ccsc1C(=O)NC1(CO)CCC1. The number of carbonyl (C=O) groups is 1. The maximum Gasteiger partial charge on any atom is 0.263 e. The molecule has 15 heavy (non-hydrogen) atoms. The van der Waals surface area contributed by atoms with E-state index in [1.165, 1.54) is 11.3 Å². The summed E-state index contributed by atoms with van der Waals surface area (Å²) in [4.78, 5) is 12.3. The largest absolute Gasteiger partial charge is 0.397 e. The number of nitrogens with two attached hydrogens (primary N) is 1. The highest BCUT2D eigenvalue weighted by molar-refractivity contribution is 7.12. The van der Waals surface area contributed by atoms with Gasteiger partial charge in [-0.05, 0) is 30.7 Å². The van der Waals surface area contributed by atoms with Crippen molar-refractivity contribution in [3.63, 3.8) is 0 Å². The minimum Gasteiger partial charge on any atom is -0.397 e. The number of hydrogen-bond acceptors (Lipinski definition) is 4. The number of nitrogens with one attached hydrogen (secondary N) is 1. The molecule has 0 unspecified atom stereocenters. The Hall–Kier alpha value is -1.07. The van der Waals surface area contributed by atoms with E-state index < -0.39 is 5.54 Å². The first-order valence-electron chi connectivity index (χ1n) is 4.93. The molecule has 0 saturated heterocycles. The summed E-state index contributed by atoms with van der Waals surface area (Å²) in [5.41, 5.74) is 5.76. The third-order valence-corrected chi connectivity index (χ3v) is 3.82. The molecular formula is C10H14N2O2S. The van der Waals surface area contributed by atoms with E-state index >= 15 is 0 Å². The van der Waals surface area contributed by atoms with Crippen LogP contribution in [0.5, 0.6) is 0 Å². The zero-order chi connectivity index (χ0) is 10.9. The maximum absolute atomic E-state index is 11.8. The molecule has 1 aliphatic carbocycles. The molecular weight excluding hydrogens is 212 g/mol. The molecule has 0 aromatic carbocycles. The van der Waals surface area contributed by atoms with Crippen LogP contribution >= 0.6 is 11.3 Å². The molecule has 0 aliphatic heterocycles. The van der Waals surface area contributed by atoms with Crippen LogP contribution in [0.25, 0.3) is 0 Å². The molecule has 0 radical (unpaired) electrons. The van der Waals surface area contributed by atoms with Crippen molar-refractivity contribution < 1.29 is 9.90 Å². The van der Waals surface area contributed by atoms with Gasteiger partial charge in [0.15, 0.2) is 0 Å². The van der Waals surface area contributed by atoms with Crippen molar-refractivity contribution in [1.82, 2.24) is 5.32 Å². The van der Waals surface area contributed by atoms with Crippen molar-refractivity contribution in [3.05, 3.63) is 16.3 Å². The van der Waals surface area contributed by atoms with Crippen molar-refractivity contribution in [1.29, 1.82) is 0 Å². The topological polar surface area (TPSA) is 75.4 Å². The Balaban J connectivity index is 2.07. The lowest BCUT2D eigenvalue weighted by Gasteiger charge is -2.40. The Bertz CT molecular complexity index is 366. The second-order valence-corrected chi connectivity index (χ2v) is 4.87. The summed E-state index contributed by atoms with van der Waals surface area (Å²) in [6, 6.07) is 1.71. The number of carbonyl (C=O) groups excluding carboxylic acids is 1. The lowest BCUT2D eigenvalue weighted by atomic mass is 9.77. The van der Waals surface area contributed by atoms with E-state index in [0.29, 0.717) is 10.6 Å². The summed E-state index contributed by atoms with van der Waals surface area (Å²) in [7, 11) is 0. The number of rotatable bonds is 3. The van der Waals surface area contributed by atoms with Gasteiger partial charge >= 0.3 is 0 Å². The first-order chi connectivity index (χ1) is 7.17. The third kappa shape index (κ3) is 1.85. The summed E-state index contributed by atoms with van der Waals surface area (Å²) in [6.07, 6.45) is 2.75. The van der Waals surface area contributed by atoms with Crippen molar-refractivity contribution in [2.45, 2.75) is 24.8 Å². The molecule has 0 spiro atoms. The van der Waals surface area contributed by atoms with Crippen LogP contribution in [0.4, 0.5) is 5.69 Å². The van der Waals surface area contributed by atoms with Crippen LogP contribution in [-0.4, -0.2) is 23.2 Å². The number of anilines is 1. The molecule has 4 nitrogen and oxygen atoms in total. The van der Waals surface area contributed by atoms with E-state index in [9.17, 15) is 9.90 Å². The zero-order valence-corrected chi connectivity index (χ0v) is 9.14. The molecule has 82 valence electrons. The first kappa shape index (κ1) is 10.4. The average molecular weight is 226 g/mol. The van der Waals surface area contributed by atoms with Crippen molar-refractivity contribution in [3.8, 4) is 0 Å². The molecule has 5 heteroatoms. The molecule has 2 rings (SSSR count). The maximum atomic E-state index is 11.8. The second kappa shape index (κ2) is 3.83. The predicted octanol–water partition coefficient (Wildman–Crippen LogP) is 0.975. The minimum atomic E-state index is -0.395. The highest BCUT2D eigenvalue weighted by atomic mass is 32.1. The van der Waals surface area contributed by atoms with Gasteiger partial charge < -0.3 is 16.2 Å². The Kier molecular flexibility index (Phi) is 2.67. The van der Waals surface area contributed by atoms with E-state index in [4.69, 9.17) is 5.73 Å². The van der Waals surface area contributed by atoms with Crippen molar-refractivity contribution in [2.24, 2.45) is 0 Å². The molecule has 1 fully saturated rings. The minimum absolute atomic E-state index is 0.00399. The second-order valence-electron chi connectivity index (χ2n) is 3.95. The molecule has 0 atom stereocenters. The van der Waals surface area contributed by atoms with E-state index in [-0.39, 0.29) is 12.5 Å². The van der Waals surface area contributed by atoms with Gasteiger partial charge in [-0.1, -0.05) is 0 Å². The lowest BCUT2D eigenvalue weighted by molar-refractivity contribution is 0.0646. The fourth-order valence-electron chi connectivity index (χ4n) is 1.73. The van der Waals surface area contributed by atoms with Crippen molar-refractivity contribution in [2.75, 3.05) is 12.3 Å². The molecule has 0 bridgehead atoms. The molecule has 4 N–H and O–H groups in total. The van der Waals surface area contributed by atoms with Gasteiger partial charge in [0, 0.05) is 0 Å². The number of aliphatic hydroxyl groups is 1. The highest BCUT2D eigenvalue weighted by Crippen LogP contribution is 2.32. The molecule has 1 saturated carbocycles. The van der Waals surface area contributed by atoms with Crippen LogP contribution in [0, 0.1) is 0 Å². The van der Waals surface area contributed by atoms with E-state index in [1.54, 1.807) is 11.4 Å². The number of aliphatic hydroxyl groups excluding tert-OH is 1. The molecule has 1 aromatic rings. The summed E-state index contributed by atoms with van der Waals surface area (Å²) in [5.74, 6) is -0.170. The number of amides is 1. The number of nitrogen functional groups attached to an aromatic ring is 1. The van der Waals surface area contributed by atoms with Gasteiger partial charge in [-0.15, -0.1) is 11.3 Å².